The van der Waals surface area contributed by atoms with Crippen molar-refractivity contribution in [3.8, 4) is 0 Å². The number of sulfonamides is 1. The molecule has 1 saturated heterocycles. The number of rotatable bonds is 6. The van der Waals surface area contributed by atoms with Gasteiger partial charge in [0.2, 0.25) is 10.0 Å². The summed E-state index contributed by atoms with van der Waals surface area (Å²) in [5, 5.41) is 12.2. The fraction of sp³-hybridized carbons (Fsp3) is 0.538. The molecular formula is C13H18F2N2O3S. The van der Waals surface area contributed by atoms with E-state index >= 15 is 0 Å². The van der Waals surface area contributed by atoms with Crippen LogP contribution in [0.5, 0.6) is 0 Å². The summed E-state index contributed by atoms with van der Waals surface area (Å²) in [4.78, 5) is -0.962. The molecule has 2 rings (SSSR count). The Morgan fingerprint density at radius 3 is 2.52 bits per heavy atom. The van der Waals surface area contributed by atoms with Crippen LogP contribution in [0.15, 0.2) is 23.1 Å². The van der Waals surface area contributed by atoms with Crippen molar-refractivity contribution in [2.75, 3.05) is 26.2 Å². The molecule has 1 heterocycles. The zero-order chi connectivity index (χ0) is 15.5. The lowest BCUT2D eigenvalue weighted by Gasteiger charge is -2.24. The van der Waals surface area contributed by atoms with Gasteiger partial charge in [-0.15, -0.1) is 0 Å². The van der Waals surface area contributed by atoms with Crippen molar-refractivity contribution < 1.29 is 22.3 Å². The van der Waals surface area contributed by atoms with Crippen LogP contribution in [0.4, 0.5) is 8.78 Å². The molecular weight excluding hydrogens is 302 g/mol. The molecule has 0 radical (unpaired) electrons. The quantitative estimate of drug-likeness (QED) is 0.809. The highest BCUT2D eigenvalue weighted by Crippen LogP contribution is 2.23. The predicted octanol–water partition coefficient (Wildman–Crippen LogP) is 0.700. The minimum atomic E-state index is -4.33. The Kier molecular flexibility index (Phi) is 5.26. The van der Waals surface area contributed by atoms with E-state index < -0.39 is 33.2 Å². The lowest BCUT2D eigenvalue weighted by Crippen LogP contribution is -2.43. The summed E-state index contributed by atoms with van der Waals surface area (Å²) in [6, 6.07) is 2.85. The van der Waals surface area contributed by atoms with Crippen LogP contribution in [-0.2, 0) is 10.0 Å². The van der Waals surface area contributed by atoms with Crippen LogP contribution >= 0.6 is 0 Å². The fourth-order valence-electron chi connectivity index (χ4n) is 2.44. The van der Waals surface area contributed by atoms with Crippen molar-refractivity contribution in [3.63, 3.8) is 0 Å². The van der Waals surface area contributed by atoms with Crippen molar-refractivity contribution in [1.82, 2.24) is 9.62 Å². The Hall–Kier alpha value is -1.09. The molecule has 0 bridgehead atoms. The van der Waals surface area contributed by atoms with Crippen LogP contribution in [0.25, 0.3) is 0 Å². The molecule has 0 aromatic heterocycles. The summed E-state index contributed by atoms with van der Waals surface area (Å²) >= 11 is 0. The highest BCUT2D eigenvalue weighted by Gasteiger charge is 2.32. The smallest absolute Gasteiger partial charge is 0.249 e. The molecule has 1 aliphatic rings. The molecule has 0 aliphatic carbocycles. The van der Waals surface area contributed by atoms with Gasteiger partial charge in [-0.25, -0.2) is 17.2 Å². The van der Waals surface area contributed by atoms with Crippen molar-refractivity contribution in [2.45, 2.75) is 23.8 Å². The monoisotopic (exact) mass is 320 g/mol. The highest BCUT2D eigenvalue weighted by atomic mass is 32.2. The van der Waals surface area contributed by atoms with E-state index in [2.05, 4.69) is 5.32 Å². The molecule has 118 valence electrons. The molecule has 0 spiro atoms. The Balaban J connectivity index is 2.32. The summed E-state index contributed by atoms with van der Waals surface area (Å²) in [6.07, 6.45) is 1.71. The molecule has 1 fully saturated rings. The number of hydrogen-bond acceptors (Lipinski definition) is 4. The van der Waals surface area contributed by atoms with Gasteiger partial charge in [0.1, 0.15) is 11.6 Å². The molecule has 0 saturated carbocycles. The number of nitrogens with one attached hydrogen (secondary N) is 1. The molecule has 2 N–H and O–H groups in total. The third-order valence-corrected chi connectivity index (χ3v) is 5.37. The first-order valence-corrected chi connectivity index (χ1v) is 8.19. The number of hydrogen-bond donors (Lipinski definition) is 2. The van der Waals surface area contributed by atoms with E-state index in [0.29, 0.717) is 0 Å². The number of halogens is 2. The molecule has 0 amide bonds. The number of aliphatic hydroxyl groups excluding tert-OH is 1. The molecule has 1 unspecified atom stereocenters. The molecule has 1 atom stereocenters. The predicted molar refractivity (Wildman–Crippen MR) is 73.2 cm³/mol. The molecule has 5 nitrogen and oxygen atoms in total. The zero-order valence-electron chi connectivity index (χ0n) is 11.4. The molecule has 21 heavy (non-hydrogen) atoms. The highest BCUT2D eigenvalue weighted by molar-refractivity contribution is 7.89. The van der Waals surface area contributed by atoms with Crippen LogP contribution in [-0.4, -0.2) is 50.1 Å². The first-order valence-electron chi connectivity index (χ1n) is 6.75. The van der Waals surface area contributed by atoms with Gasteiger partial charge in [0.25, 0.3) is 0 Å². The second-order valence-electron chi connectivity index (χ2n) is 4.93. The molecule has 1 aromatic carbocycles. The second kappa shape index (κ2) is 6.78. The summed E-state index contributed by atoms with van der Waals surface area (Å²) in [5.41, 5.74) is 0. The SMILES string of the molecule is O=S(=O)(c1c(F)cccc1F)N(CCO)CC1CCCN1. The maximum absolute atomic E-state index is 13.7. The average molecular weight is 320 g/mol. The van der Waals surface area contributed by atoms with E-state index in [1.54, 1.807) is 0 Å². The summed E-state index contributed by atoms with van der Waals surface area (Å²) in [6.45, 7) is 0.249. The number of benzene rings is 1. The van der Waals surface area contributed by atoms with Gasteiger partial charge in [-0.2, -0.15) is 4.31 Å². The largest absolute Gasteiger partial charge is 0.395 e. The Morgan fingerprint density at radius 2 is 2.00 bits per heavy atom. The van der Waals surface area contributed by atoms with Gasteiger partial charge < -0.3 is 10.4 Å². The van der Waals surface area contributed by atoms with Gasteiger partial charge in [-0.3, -0.25) is 0 Å². The Morgan fingerprint density at radius 1 is 1.33 bits per heavy atom. The average Bonchev–Trinajstić information content (AvgIpc) is 2.90. The molecule has 1 aliphatic heterocycles. The van der Waals surface area contributed by atoms with Gasteiger partial charge >= 0.3 is 0 Å². The van der Waals surface area contributed by atoms with Gasteiger partial charge in [0.05, 0.1) is 6.61 Å². The molecule has 1 aromatic rings. The second-order valence-corrected chi connectivity index (χ2v) is 6.81. The van der Waals surface area contributed by atoms with E-state index in [1.807, 2.05) is 0 Å². The van der Waals surface area contributed by atoms with Crippen molar-refractivity contribution in [1.29, 1.82) is 0 Å². The number of aliphatic hydroxyl groups is 1. The lowest BCUT2D eigenvalue weighted by atomic mass is 10.2. The summed E-state index contributed by atoms with van der Waals surface area (Å²) in [7, 11) is -4.33. The fourth-order valence-corrected chi connectivity index (χ4v) is 4.02. The molecule has 8 heteroatoms. The third-order valence-electron chi connectivity index (χ3n) is 3.45. The normalized spacial score (nSPS) is 19.3. The van der Waals surface area contributed by atoms with Gasteiger partial charge in [0.15, 0.2) is 4.90 Å². The van der Waals surface area contributed by atoms with E-state index in [1.165, 1.54) is 0 Å². The third kappa shape index (κ3) is 3.57. The summed E-state index contributed by atoms with van der Waals surface area (Å²) < 4.78 is 53.3. The van der Waals surface area contributed by atoms with E-state index in [-0.39, 0.29) is 19.1 Å². The minimum absolute atomic E-state index is 0.0684. The van der Waals surface area contributed by atoms with Gasteiger partial charge in [-0.1, -0.05) is 6.07 Å². The number of nitrogens with zero attached hydrogens (tertiary/aromatic N) is 1. The zero-order valence-corrected chi connectivity index (χ0v) is 12.2. The van der Waals surface area contributed by atoms with Crippen LogP contribution in [0.2, 0.25) is 0 Å². The van der Waals surface area contributed by atoms with Crippen LogP contribution in [0.3, 0.4) is 0 Å². The van der Waals surface area contributed by atoms with Gasteiger partial charge in [-0.05, 0) is 31.5 Å². The van der Waals surface area contributed by atoms with Gasteiger partial charge in [0, 0.05) is 19.1 Å². The van der Waals surface area contributed by atoms with Crippen LogP contribution in [0, 0.1) is 11.6 Å². The summed E-state index contributed by atoms with van der Waals surface area (Å²) in [5.74, 6) is -2.25. The van der Waals surface area contributed by atoms with E-state index in [4.69, 9.17) is 5.11 Å². The maximum Gasteiger partial charge on any atom is 0.249 e. The lowest BCUT2D eigenvalue weighted by molar-refractivity contribution is 0.245. The maximum atomic E-state index is 13.7. The van der Waals surface area contributed by atoms with E-state index in [9.17, 15) is 17.2 Å². The first-order chi connectivity index (χ1) is 9.96. The van der Waals surface area contributed by atoms with Crippen LogP contribution < -0.4 is 5.32 Å². The van der Waals surface area contributed by atoms with E-state index in [0.717, 1.165) is 41.9 Å². The Labute approximate surface area is 122 Å². The standard InChI is InChI=1S/C13H18F2N2O3S/c14-11-4-1-5-12(15)13(11)21(19,20)17(7-8-18)9-10-3-2-6-16-10/h1,4-5,10,16,18H,2-3,6-9H2. The minimum Gasteiger partial charge on any atom is -0.395 e. The first kappa shape index (κ1) is 16.3. The topological polar surface area (TPSA) is 69.6 Å². The van der Waals surface area contributed by atoms with Crippen molar-refractivity contribution in [3.05, 3.63) is 29.8 Å². The Bertz CT molecular complexity index is 569. The van der Waals surface area contributed by atoms with Crippen molar-refractivity contribution in [2.24, 2.45) is 0 Å². The van der Waals surface area contributed by atoms with Crippen LogP contribution in [0.1, 0.15) is 12.8 Å². The van der Waals surface area contributed by atoms with Crippen molar-refractivity contribution >= 4 is 10.0 Å².